The molecule has 0 fully saturated rings. The van der Waals surface area contributed by atoms with Gasteiger partial charge in [-0.25, -0.2) is 0 Å². The second-order valence-corrected chi connectivity index (χ2v) is 16.2. The van der Waals surface area contributed by atoms with Gasteiger partial charge in [0.05, 0.1) is 0 Å². The largest absolute Gasteiger partial charge is 0.0880 e. The molecule has 2 aromatic carbocycles. The molecular formula is C24H32P2. The molecule has 2 aromatic rings. The predicted molar refractivity (Wildman–Crippen MR) is 119 cm³/mol. The Kier molecular flexibility index (Phi) is 4.61. The van der Waals surface area contributed by atoms with Crippen LogP contribution < -0.4 is 0 Å². The van der Waals surface area contributed by atoms with E-state index in [1.165, 1.54) is 12.3 Å². The average Bonchev–Trinajstić information content (AvgIpc) is 3.12. The van der Waals surface area contributed by atoms with Crippen molar-refractivity contribution in [2.45, 2.75) is 75.5 Å². The van der Waals surface area contributed by atoms with E-state index in [1.807, 2.05) is 0 Å². The molecular weight excluding hydrogens is 350 g/mol. The average molecular weight is 382 g/mol. The van der Waals surface area contributed by atoms with Crippen LogP contribution in [0.4, 0.5) is 0 Å². The zero-order valence-electron chi connectivity index (χ0n) is 17.1. The molecule has 0 radical (unpaired) electrons. The molecule has 0 nitrogen and oxygen atoms in total. The van der Waals surface area contributed by atoms with Gasteiger partial charge in [0.1, 0.15) is 0 Å². The minimum absolute atomic E-state index is 0.0695. The van der Waals surface area contributed by atoms with E-state index >= 15 is 0 Å². The molecule has 26 heavy (non-hydrogen) atoms. The maximum absolute atomic E-state index is 2.48. The zero-order chi connectivity index (χ0) is 18.7. The van der Waals surface area contributed by atoms with Gasteiger partial charge in [0, 0.05) is 11.3 Å². The predicted octanol–water partition coefficient (Wildman–Crippen LogP) is 8.06. The van der Waals surface area contributed by atoms with E-state index in [4.69, 9.17) is 0 Å². The van der Waals surface area contributed by atoms with Crippen molar-refractivity contribution in [2.24, 2.45) is 0 Å². The first-order valence-electron chi connectivity index (χ1n) is 9.87. The first kappa shape index (κ1) is 18.7. The van der Waals surface area contributed by atoms with Gasteiger partial charge in [-0.1, -0.05) is 106 Å². The van der Waals surface area contributed by atoms with Gasteiger partial charge in [-0.15, -0.1) is 0 Å². The molecule has 0 bridgehead atoms. The summed E-state index contributed by atoms with van der Waals surface area (Å²) in [5.74, 6) is 0. The van der Waals surface area contributed by atoms with Crippen molar-refractivity contribution in [3.63, 3.8) is 0 Å². The Balaban J connectivity index is 1.89. The van der Waals surface area contributed by atoms with Crippen molar-refractivity contribution >= 4 is 15.8 Å². The van der Waals surface area contributed by atoms with Crippen molar-refractivity contribution in [3.05, 3.63) is 70.8 Å². The topological polar surface area (TPSA) is 0 Å². The van der Waals surface area contributed by atoms with Crippen molar-refractivity contribution < 1.29 is 0 Å². The molecule has 0 aromatic heterocycles. The van der Waals surface area contributed by atoms with Crippen LogP contribution in [0.3, 0.4) is 0 Å². The molecule has 2 heteroatoms. The lowest BCUT2D eigenvalue weighted by atomic mass is 9.98. The third kappa shape index (κ3) is 3.08. The molecule has 0 saturated carbocycles. The monoisotopic (exact) mass is 382 g/mol. The Hall–Kier alpha value is -0.700. The van der Waals surface area contributed by atoms with Gasteiger partial charge < -0.3 is 0 Å². The lowest BCUT2D eigenvalue weighted by Gasteiger charge is -2.42. The van der Waals surface area contributed by atoms with E-state index in [0.29, 0.717) is 10.3 Å². The molecule has 0 amide bonds. The summed E-state index contributed by atoms with van der Waals surface area (Å²) in [6.07, 6.45) is 2.62. The van der Waals surface area contributed by atoms with Gasteiger partial charge in [-0.2, -0.15) is 0 Å². The van der Waals surface area contributed by atoms with E-state index in [1.54, 1.807) is 22.3 Å². The van der Waals surface area contributed by atoms with Crippen LogP contribution >= 0.6 is 15.8 Å². The SMILES string of the molecule is CC(C)(C)[P@@]1Cc2ccccc2C1[C@H]1c2ccccc2C[P@]1C(C)(C)C. The second kappa shape index (κ2) is 6.43. The standard InChI is InChI=1S/C24H32P2/c1-23(2,3)25-15-17-11-7-9-13-19(17)21(25)22-20-14-10-8-12-18(20)16-26(22)24(4,5)6/h7-14,21-22H,15-16H2,1-6H3/t21-,22?,25+,26+/m1/s1. The summed E-state index contributed by atoms with van der Waals surface area (Å²) in [7, 11) is -0.139. The van der Waals surface area contributed by atoms with Crippen LogP contribution in [-0.4, -0.2) is 10.3 Å². The van der Waals surface area contributed by atoms with Crippen molar-refractivity contribution in [1.29, 1.82) is 0 Å². The molecule has 0 saturated heterocycles. The molecule has 4 rings (SSSR count). The molecule has 2 aliphatic rings. The summed E-state index contributed by atoms with van der Waals surface area (Å²) in [6, 6.07) is 18.7. The number of hydrogen-bond acceptors (Lipinski definition) is 0. The van der Waals surface area contributed by atoms with Crippen LogP contribution in [0.1, 0.15) is 75.1 Å². The van der Waals surface area contributed by atoms with Gasteiger partial charge in [0.25, 0.3) is 0 Å². The summed E-state index contributed by atoms with van der Waals surface area (Å²) in [5, 5.41) is 0.797. The molecule has 4 atom stereocenters. The number of benzene rings is 2. The fourth-order valence-electron chi connectivity index (χ4n) is 4.82. The Morgan fingerprint density at radius 1 is 0.615 bits per heavy atom. The number of fused-ring (bicyclic) bond motifs is 2. The minimum Gasteiger partial charge on any atom is -0.0880 e. The van der Waals surface area contributed by atoms with Gasteiger partial charge in [-0.05, 0) is 44.9 Å². The lowest BCUT2D eigenvalue weighted by Crippen LogP contribution is -2.20. The minimum atomic E-state index is -0.0695. The normalized spacial score (nSPS) is 28.1. The van der Waals surface area contributed by atoms with Crippen molar-refractivity contribution in [3.8, 4) is 0 Å². The van der Waals surface area contributed by atoms with Crippen molar-refractivity contribution in [1.82, 2.24) is 0 Å². The first-order valence-corrected chi connectivity index (χ1v) is 13.1. The van der Waals surface area contributed by atoms with Crippen molar-refractivity contribution in [2.75, 3.05) is 0 Å². The molecule has 1 unspecified atom stereocenters. The van der Waals surface area contributed by atoms with Gasteiger partial charge in [0.15, 0.2) is 0 Å². The Labute approximate surface area is 162 Å². The molecule has 2 heterocycles. The van der Waals surface area contributed by atoms with E-state index in [-0.39, 0.29) is 15.8 Å². The zero-order valence-corrected chi connectivity index (χ0v) is 18.9. The summed E-state index contributed by atoms with van der Waals surface area (Å²) < 4.78 is 0. The summed E-state index contributed by atoms with van der Waals surface area (Å²) in [6.45, 7) is 14.9. The van der Waals surface area contributed by atoms with E-state index in [0.717, 1.165) is 11.3 Å². The van der Waals surface area contributed by atoms with E-state index in [2.05, 4.69) is 90.1 Å². The quantitative estimate of drug-likeness (QED) is 0.438. The highest BCUT2D eigenvalue weighted by Gasteiger charge is 2.50. The summed E-state index contributed by atoms with van der Waals surface area (Å²) in [5.41, 5.74) is 8.07. The van der Waals surface area contributed by atoms with Crippen LogP contribution in [0.2, 0.25) is 0 Å². The van der Waals surface area contributed by atoms with Crippen LogP contribution in [0.5, 0.6) is 0 Å². The Morgan fingerprint density at radius 2 is 0.962 bits per heavy atom. The maximum Gasteiger partial charge on any atom is 0.0161 e. The fourth-order valence-corrected chi connectivity index (χ4v) is 12.3. The third-order valence-electron chi connectivity index (χ3n) is 6.12. The maximum atomic E-state index is 2.48. The number of rotatable bonds is 1. The van der Waals surface area contributed by atoms with Gasteiger partial charge in [-0.3, -0.25) is 0 Å². The van der Waals surface area contributed by atoms with Gasteiger partial charge >= 0.3 is 0 Å². The fraction of sp³-hybridized carbons (Fsp3) is 0.500. The highest BCUT2D eigenvalue weighted by atomic mass is 31.1. The Bertz CT molecular complexity index is 740. The van der Waals surface area contributed by atoms with E-state index < -0.39 is 0 Å². The van der Waals surface area contributed by atoms with Gasteiger partial charge in [0.2, 0.25) is 0 Å². The number of hydrogen-bond donors (Lipinski definition) is 0. The van der Waals surface area contributed by atoms with Crippen LogP contribution in [0.15, 0.2) is 48.5 Å². The Morgan fingerprint density at radius 3 is 1.31 bits per heavy atom. The second-order valence-electron chi connectivity index (χ2n) is 9.88. The highest BCUT2D eigenvalue weighted by Crippen LogP contribution is 2.80. The lowest BCUT2D eigenvalue weighted by molar-refractivity contribution is 0.736. The summed E-state index contributed by atoms with van der Waals surface area (Å²) >= 11 is 0. The van der Waals surface area contributed by atoms with Crippen LogP contribution in [-0.2, 0) is 12.3 Å². The summed E-state index contributed by atoms with van der Waals surface area (Å²) in [4.78, 5) is 0. The molecule has 0 spiro atoms. The smallest absolute Gasteiger partial charge is 0.0161 e. The molecule has 2 aliphatic heterocycles. The molecule has 138 valence electrons. The van der Waals surface area contributed by atoms with Crippen LogP contribution in [0, 0.1) is 0 Å². The van der Waals surface area contributed by atoms with E-state index in [9.17, 15) is 0 Å². The highest BCUT2D eigenvalue weighted by molar-refractivity contribution is 7.63. The third-order valence-corrected chi connectivity index (χ3v) is 13.7. The molecule has 0 N–H and O–H groups in total. The first-order chi connectivity index (χ1) is 12.2. The van der Waals surface area contributed by atoms with Crippen LogP contribution in [0.25, 0.3) is 0 Å². The molecule has 0 aliphatic carbocycles.